The average Bonchev–Trinajstić information content (AvgIpc) is 2.37. The van der Waals surface area contributed by atoms with Crippen molar-refractivity contribution in [2.45, 2.75) is 20.0 Å². The van der Waals surface area contributed by atoms with Gasteiger partial charge in [0, 0.05) is 26.8 Å². The number of aliphatic hydroxyl groups excluding tert-OH is 1. The summed E-state index contributed by atoms with van der Waals surface area (Å²) in [6.07, 6.45) is 1.15. The second-order valence-corrected chi connectivity index (χ2v) is 4.52. The Hall–Kier alpha value is -1.62. The van der Waals surface area contributed by atoms with Gasteiger partial charge in [-0.2, -0.15) is 0 Å². The van der Waals surface area contributed by atoms with Crippen molar-refractivity contribution in [2.75, 3.05) is 25.5 Å². The topological polar surface area (TPSA) is 65.5 Å². The van der Waals surface area contributed by atoms with Crippen LogP contribution in [-0.4, -0.2) is 36.6 Å². The van der Waals surface area contributed by atoms with E-state index in [4.69, 9.17) is 0 Å². The van der Waals surface area contributed by atoms with E-state index in [9.17, 15) is 9.90 Å². The first kappa shape index (κ1) is 14.4. The smallest absolute Gasteiger partial charge is 0.224 e. The standard InChI is InChI=1S/C13H21N3O2/c1-9(13(18)14-3)8-16(4)12-7-11(10(2)17)5-6-15-12/h5-7,9-10,17H,8H2,1-4H3,(H,14,18). The van der Waals surface area contributed by atoms with Gasteiger partial charge in [0.05, 0.1) is 12.0 Å². The normalized spacial score (nSPS) is 13.8. The maximum atomic E-state index is 11.5. The van der Waals surface area contributed by atoms with Crippen molar-refractivity contribution >= 4 is 11.7 Å². The number of aliphatic hydroxyl groups is 1. The van der Waals surface area contributed by atoms with Gasteiger partial charge in [-0.1, -0.05) is 6.92 Å². The highest BCUT2D eigenvalue weighted by atomic mass is 16.3. The summed E-state index contributed by atoms with van der Waals surface area (Å²) in [5, 5.41) is 12.2. The van der Waals surface area contributed by atoms with Crippen molar-refractivity contribution in [3.8, 4) is 0 Å². The van der Waals surface area contributed by atoms with E-state index < -0.39 is 6.10 Å². The first-order valence-corrected chi connectivity index (χ1v) is 6.02. The Morgan fingerprint density at radius 1 is 1.56 bits per heavy atom. The summed E-state index contributed by atoms with van der Waals surface area (Å²) in [5.74, 6) is 0.648. The van der Waals surface area contributed by atoms with Gasteiger partial charge in [-0.3, -0.25) is 4.79 Å². The molecule has 0 spiro atoms. The van der Waals surface area contributed by atoms with Crippen molar-refractivity contribution in [3.05, 3.63) is 23.9 Å². The number of hydrogen-bond donors (Lipinski definition) is 2. The summed E-state index contributed by atoms with van der Waals surface area (Å²) in [4.78, 5) is 17.6. The molecule has 5 nitrogen and oxygen atoms in total. The summed E-state index contributed by atoms with van der Waals surface area (Å²) < 4.78 is 0. The van der Waals surface area contributed by atoms with E-state index in [0.29, 0.717) is 6.54 Å². The van der Waals surface area contributed by atoms with Crippen LogP contribution in [0.3, 0.4) is 0 Å². The zero-order chi connectivity index (χ0) is 13.7. The quantitative estimate of drug-likeness (QED) is 0.818. The van der Waals surface area contributed by atoms with Crippen LogP contribution < -0.4 is 10.2 Å². The van der Waals surface area contributed by atoms with E-state index in [0.717, 1.165) is 11.4 Å². The molecule has 2 unspecified atom stereocenters. The van der Waals surface area contributed by atoms with Crippen LogP contribution in [0.4, 0.5) is 5.82 Å². The molecule has 2 N–H and O–H groups in total. The Labute approximate surface area is 108 Å². The van der Waals surface area contributed by atoms with Crippen molar-refractivity contribution < 1.29 is 9.90 Å². The molecule has 0 aliphatic rings. The zero-order valence-electron chi connectivity index (χ0n) is 11.3. The molecule has 0 saturated heterocycles. The van der Waals surface area contributed by atoms with Crippen LogP contribution in [0, 0.1) is 5.92 Å². The maximum Gasteiger partial charge on any atom is 0.224 e. The van der Waals surface area contributed by atoms with Crippen LogP contribution in [0.25, 0.3) is 0 Å². The maximum absolute atomic E-state index is 11.5. The molecule has 0 fully saturated rings. The lowest BCUT2D eigenvalue weighted by Gasteiger charge is -2.22. The number of hydrogen-bond acceptors (Lipinski definition) is 4. The van der Waals surface area contributed by atoms with E-state index in [1.165, 1.54) is 0 Å². The summed E-state index contributed by atoms with van der Waals surface area (Å²) in [6.45, 7) is 4.16. The highest BCUT2D eigenvalue weighted by molar-refractivity contribution is 5.78. The van der Waals surface area contributed by atoms with Crippen LogP contribution >= 0.6 is 0 Å². The van der Waals surface area contributed by atoms with Gasteiger partial charge in [0.2, 0.25) is 5.91 Å². The van der Waals surface area contributed by atoms with Gasteiger partial charge in [0.15, 0.2) is 0 Å². The molecule has 18 heavy (non-hydrogen) atoms. The second kappa shape index (κ2) is 6.35. The highest BCUT2D eigenvalue weighted by Crippen LogP contribution is 2.17. The number of nitrogens with one attached hydrogen (secondary N) is 1. The Morgan fingerprint density at radius 2 is 2.22 bits per heavy atom. The number of carbonyl (C=O) groups is 1. The van der Waals surface area contributed by atoms with Crippen molar-refractivity contribution in [2.24, 2.45) is 5.92 Å². The van der Waals surface area contributed by atoms with Gasteiger partial charge in [0.25, 0.3) is 0 Å². The third-order valence-electron chi connectivity index (χ3n) is 2.88. The van der Waals surface area contributed by atoms with Crippen LogP contribution in [0.1, 0.15) is 25.5 Å². The molecule has 0 saturated carbocycles. The molecule has 1 rings (SSSR count). The first-order valence-electron chi connectivity index (χ1n) is 6.02. The largest absolute Gasteiger partial charge is 0.389 e. The lowest BCUT2D eigenvalue weighted by Crippen LogP contribution is -2.34. The van der Waals surface area contributed by atoms with Crippen LogP contribution in [0.5, 0.6) is 0 Å². The molecule has 0 aliphatic carbocycles. The number of pyridine rings is 1. The molecule has 1 aromatic heterocycles. The molecule has 5 heteroatoms. The number of rotatable bonds is 5. The fourth-order valence-electron chi connectivity index (χ4n) is 1.74. The lowest BCUT2D eigenvalue weighted by atomic mass is 10.1. The molecular formula is C13H21N3O2. The van der Waals surface area contributed by atoms with Crippen molar-refractivity contribution in [1.29, 1.82) is 0 Å². The van der Waals surface area contributed by atoms with Crippen LogP contribution in [-0.2, 0) is 4.79 Å². The summed E-state index contributed by atoms with van der Waals surface area (Å²) in [6, 6.07) is 3.62. The molecule has 100 valence electrons. The van der Waals surface area contributed by atoms with Crippen molar-refractivity contribution in [1.82, 2.24) is 10.3 Å². The van der Waals surface area contributed by atoms with Gasteiger partial charge >= 0.3 is 0 Å². The van der Waals surface area contributed by atoms with Crippen LogP contribution in [0.2, 0.25) is 0 Å². The summed E-state index contributed by atoms with van der Waals surface area (Å²) >= 11 is 0. The third kappa shape index (κ3) is 3.70. The molecule has 0 aromatic carbocycles. The SMILES string of the molecule is CNC(=O)C(C)CN(C)c1cc(C(C)O)ccn1. The Morgan fingerprint density at radius 3 is 2.78 bits per heavy atom. The Kier molecular flexibility index (Phi) is 5.09. The highest BCUT2D eigenvalue weighted by Gasteiger charge is 2.15. The molecule has 2 atom stereocenters. The fourth-order valence-corrected chi connectivity index (χ4v) is 1.74. The number of aromatic nitrogens is 1. The molecular weight excluding hydrogens is 230 g/mol. The molecule has 0 aliphatic heterocycles. The Bertz CT molecular complexity index is 407. The lowest BCUT2D eigenvalue weighted by molar-refractivity contribution is -0.123. The molecule has 0 radical (unpaired) electrons. The number of amides is 1. The minimum absolute atomic E-state index is 0.00790. The van der Waals surface area contributed by atoms with E-state index in [2.05, 4.69) is 10.3 Å². The predicted octanol–water partition coefficient (Wildman–Crippen LogP) is 0.953. The molecule has 0 bridgehead atoms. The van der Waals surface area contributed by atoms with E-state index in [1.54, 1.807) is 26.2 Å². The van der Waals surface area contributed by atoms with E-state index >= 15 is 0 Å². The van der Waals surface area contributed by atoms with Crippen molar-refractivity contribution in [3.63, 3.8) is 0 Å². The minimum atomic E-state index is -0.517. The second-order valence-electron chi connectivity index (χ2n) is 4.52. The van der Waals surface area contributed by atoms with Gasteiger partial charge < -0.3 is 15.3 Å². The molecule has 1 aromatic rings. The minimum Gasteiger partial charge on any atom is -0.389 e. The fraction of sp³-hybridized carbons (Fsp3) is 0.538. The summed E-state index contributed by atoms with van der Waals surface area (Å²) in [7, 11) is 3.51. The zero-order valence-corrected chi connectivity index (χ0v) is 11.3. The van der Waals surface area contributed by atoms with Gasteiger partial charge in [-0.05, 0) is 24.6 Å². The van der Waals surface area contributed by atoms with Gasteiger partial charge in [-0.15, -0.1) is 0 Å². The first-order chi connectivity index (χ1) is 8.45. The number of anilines is 1. The van der Waals surface area contributed by atoms with E-state index in [1.807, 2.05) is 24.9 Å². The predicted molar refractivity (Wildman–Crippen MR) is 71.4 cm³/mol. The average molecular weight is 251 g/mol. The van der Waals surface area contributed by atoms with E-state index in [-0.39, 0.29) is 11.8 Å². The molecule has 1 heterocycles. The molecule has 1 amide bonds. The summed E-state index contributed by atoms with van der Waals surface area (Å²) in [5.41, 5.74) is 0.819. The number of nitrogens with zero attached hydrogens (tertiary/aromatic N) is 2. The number of carbonyl (C=O) groups excluding carboxylic acids is 1. The van der Waals surface area contributed by atoms with Gasteiger partial charge in [0.1, 0.15) is 5.82 Å². The third-order valence-corrected chi connectivity index (χ3v) is 2.88. The monoisotopic (exact) mass is 251 g/mol. The van der Waals surface area contributed by atoms with Crippen LogP contribution in [0.15, 0.2) is 18.3 Å². The Balaban J connectivity index is 2.75. The van der Waals surface area contributed by atoms with Gasteiger partial charge in [-0.25, -0.2) is 4.98 Å².